The van der Waals surface area contributed by atoms with Gasteiger partial charge in [-0.3, -0.25) is 4.90 Å². The van der Waals surface area contributed by atoms with E-state index in [1.165, 1.54) is 0 Å². The molecule has 1 saturated heterocycles. The monoisotopic (exact) mass is 295 g/mol. The number of hydrogen-bond acceptors (Lipinski definition) is 5. The Hall–Kier alpha value is -1.46. The number of methoxy groups -OCH3 is 2. The third kappa shape index (κ3) is 4.25. The smallest absolute Gasteiger partial charge is 0.203 e. The summed E-state index contributed by atoms with van der Waals surface area (Å²) < 4.78 is 22.3. The van der Waals surface area contributed by atoms with Crippen LogP contribution in [0.5, 0.6) is 17.2 Å². The van der Waals surface area contributed by atoms with Crippen molar-refractivity contribution in [3.63, 3.8) is 0 Å². The van der Waals surface area contributed by atoms with E-state index in [4.69, 9.17) is 18.9 Å². The lowest BCUT2D eigenvalue weighted by Gasteiger charge is -2.35. The first kappa shape index (κ1) is 15.9. The van der Waals surface area contributed by atoms with Crippen LogP contribution in [-0.4, -0.2) is 57.6 Å². The van der Waals surface area contributed by atoms with Crippen LogP contribution in [0.1, 0.15) is 13.8 Å². The van der Waals surface area contributed by atoms with Crippen molar-refractivity contribution in [1.82, 2.24) is 4.90 Å². The number of hydrogen-bond donors (Lipinski definition) is 0. The molecular formula is C16H25NO4. The predicted octanol–water partition coefficient (Wildman–Crippen LogP) is 2.19. The zero-order valence-corrected chi connectivity index (χ0v) is 13.3. The highest BCUT2D eigenvalue weighted by atomic mass is 16.5. The first-order valence-corrected chi connectivity index (χ1v) is 7.35. The molecule has 0 spiro atoms. The van der Waals surface area contributed by atoms with Crippen molar-refractivity contribution in [2.24, 2.45) is 0 Å². The Morgan fingerprint density at radius 2 is 1.67 bits per heavy atom. The fourth-order valence-electron chi connectivity index (χ4n) is 2.70. The lowest BCUT2D eigenvalue weighted by atomic mass is 10.2. The van der Waals surface area contributed by atoms with Crippen molar-refractivity contribution < 1.29 is 18.9 Å². The highest BCUT2D eigenvalue weighted by Gasteiger charge is 2.22. The number of nitrogens with zero attached hydrogens (tertiary/aromatic N) is 1. The molecule has 0 saturated carbocycles. The third-order valence-electron chi connectivity index (χ3n) is 3.53. The Labute approximate surface area is 126 Å². The molecule has 1 aliphatic rings. The van der Waals surface area contributed by atoms with Gasteiger partial charge in [0, 0.05) is 19.6 Å². The zero-order valence-electron chi connectivity index (χ0n) is 13.3. The minimum atomic E-state index is 0.273. The SMILES string of the molecule is COc1cccc(OC)c1OCCN1C[C@H](C)O[C@@H](C)C1. The summed E-state index contributed by atoms with van der Waals surface area (Å²) >= 11 is 0. The lowest BCUT2D eigenvalue weighted by molar-refractivity contribution is -0.0700. The van der Waals surface area contributed by atoms with Gasteiger partial charge in [0.15, 0.2) is 11.5 Å². The summed E-state index contributed by atoms with van der Waals surface area (Å²) in [7, 11) is 3.26. The van der Waals surface area contributed by atoms with Crippen LogP contribution < -0.4 is 14.2 Å². The van der Waals surface area contributed by atoms with E-state index >= 15 is 0 Å². The molecule has 0 N–H and O–H groups in total. The Morgan fingerprint density at radius 3 is 2.19 bits per heavy atom. The molecule has 1 aromatic carbocycles. The Morgan fingerprint density at radius 1 is 1.10 bits per heavy atom. The quantitative estimate of drug-likeness (QED) is 0.804. The van der Waals surface area contributed by atoms with E-state index in [9.17, 15) is 0 Å². The molecule has 0 aliphatic carbocycles. The molecule has 1 aliphatic heterocycles. The molecule has 0 radical (unpaired) electrons. The molecule has 1 heterocycles. The van der Waals surface area contributed by atoms with Crippen molar-refractivity contribution in [3.8, 4) is 17.2 Å². The fourth-order valence-corrected chi connectivity index (χ4v) is 2.70. The topological polar surface area (TPSA) is 40.2 Å². The van der Waals surface area contributed by atoms with Crippen LogP contribution in [-0.2, 0) is 4.74 Å². The van der Waals surface area contributed by atoms with Crippen molar-refractivity contribution >= 4 is 0 Å². The maximum absolute atomic E-state index is 5.89. The average Bonchev–Trinajstić information content (AvgIpc) is 2.46. The normalized spacial score (nSPS) is 22.9. The van der Waals surface area contributed by atoms with E-state index in [1.807, 2.05) is 18.2 Å². The van der Waals surface area contributed by atoms with Crippen LogP contribution in [0.4, 0.5) is 0 Å². The minimum Gasteiger partial charge on any atom is -0.493 e. The molecule has 2 atom stereocenters. The number of benzene rings is 1. The fraction of sp³-hybridized carbons (Fsp3) is 0.625. The second-order valence-electron chi connectivity index (χ2n) is 5.36. The molecule has 0 bridgehead atoms. The molecule has 1 aromatic rings. The van der Waals surface area contributed by atoms with Crippen LogP contribution in [0, 0.1) is 0 Å². The summed E-state index contributed by atoms with van der Waals surface area (Å²) in [4.78, 5) is 2.36. The van der Waals surface area contributed by atoms with E-state index in [0.717, 1.165) is 19.6 Å². The van der Waals surface area contributed by atoms with Gasteiger partial charge in [0.2, 0.25) is 5.75 Å². The molecule has 21 heavy (non-hydrogen) atoms. The molecule has 1 fully saturated rings. The lowest BCUT2D eigenvalue weighted by Crippen LogP contribution is -2.46. The maximum atomic E-state index is 5.89. The molecule has 2 rings (SSSR count). The maximum Gasteiger partial charge on any atom is 0.203 e. The molecule has 0 aromatic heterocycles. The van der Waals surface area contributed by atoms with Gasteiger partial charge in [0.05, 0.1) is 26.4 Å². The number of rotatable bonds is 6. The largest absolute Gasteiger partial charge is 0.493 e. The summed E-state index contributed by atoms with van der Waals surface area (Å²) in [5, 5.41) is 0. The first-order chi connectivity index (χ1) is 10.1. The van der Waals surface area contributed by atoms with Gasteiger partial charge in [-0.15, -0.1) is 0 Å². The van der Waals surface area contributed by atoms with E-state index < -0.39 is 0 Å². The van der Waals surface area contributed by atoms with E-state index in [2.05, 4.69) is 18.7 Å². The minimum absolute atomic E-state index is 0.273. The number of morpholine rings is 1. The van der Waals surface area contributed by atoms with Gasteiger partial charge in [-0.25, -0.2) is 0 Å². The summed E-state index contributed by atoms with van der Waals surface area (Å²) in [5.41, 5.74) is 0. The molecular weight excluding hydrogens is 270 g/mol. The van der Waals surface area contributed by atoms with Gasteiger partial charge in [-0.1, -0.05) is 6.07 Å². The summed E-state index contributed by atoms with van der Waals surface area (Å²) in [6.45, 7) is 7.54. The van der Waals surface area contributed by atoms with E-state index in [1.54, 1.807) is 14.2 Å². The zero-order chi connectivity index (χ0) is 15.2. The predicted molar refractivity (Wildman–Crippen MR) is 81.5 cm³/mol. The van der Waals surface area contributed by atoms with Gasteiger partial charge >= 0.3 is 0 Å². The molecule has 0 unspecified atom stereocenters. The Balaban J connectivity index is 1.91. The van der Waals surface area contributed by atoms with E-state index in [0.29, 0.717) is 23.9 Å². The van der Waals surface area contributed by atoms with Crippen LogP contribution in [0.3, 0.4) is 0 Å². The van der Waals surface area contributed by atoms with E-state index in [-0.39, 0.29) is 12.2 Å². The Bertz CT molecular complexity index is 420. The summed E-state index contributed by atoms with van der Waals surface area (Å²) in [6, 6.07) is 5.63. The van der Waals surface area contributed by atoms with Gasteiger partial charge in [-0.05, 0) is 26.0 Å². The van der Waals surface area contributed by atoms with Crippen molar-refractivity contribution in [2.45, 2.75) is 26.1 Å². The third-order valence-corrected chi connectivity index (χ3v) is 3.53. The van der Waals surface area contributed by atoms with Gasteiger partial charge < -0.3 is 18.9 Å². The molecule has 5 nitrogen and oxygen atoms in total. The van der Waals surface area contributed by atoms with Crippen molar-refractivity contribution in [2.75, 3.05) is 40.5 Å². The molecule has 5 heteroatoms. The number of para-hydroxylation sites is 1. The first-order valence-electron chi connectivity index (χ1n) is 7.35. The second-order valence-corrected chi connectivity index (χ2v) is 5.36. The highest BCUT2D eigenvalue weighted by molar-refractivity contribution is 5.51. The Kier molecular flexibility index (Phi) is 5.70. The van der Waals surface area contributed by atoms with Crippen molar-refractivity contribution in [1.29, 1.82) is 0 Å². The van der Waals surface area contributed by atoms with Crippen LogP contribution in [0.15, 0.2) is 18.2 Å². The van der Waals surface area contributed by atoms with Crippen LogP contribution >= 0.6 is 0 Å². The van der Waals surface area contributed by atoms with Gasteiger partial charge in [0.1, 0.15) is 6.61 Å². The molecule has 0 amide bonds. The second kappa shape index (κ2) is 7.52. The van der Waals surface area contributed by atoms with Crippen LogP contribution in [0.2, 0.25) is 0 Å². The highest BCUT2D eigenvalue weighted by Crippen LogP contribution is 2.36. The average molecular weight is 295 g/mol. The number of ether oxygens (including phenoxy) is 4. The van der Waals surface area contributed by atoms with Gasteiger partial charge in [0.25, 0.3) is 0 Å². The molecule has 118 valence electrons. The van der Waals surface area contributed by atoms with Gasteiger partial charge in [-0.2, -0.15) is 0 Å². The standard InChI is InChI=1S/C16H25NO4/c1-12-10-17(11-13(2)21-12)8-9-20-16-14(18-3)6-5-7-15(16)19-4/h5-7,12-13H,8-11H2,1-4H3/t12-,13-/m0/s1. The summed E-state index contributed by atoms with van der Waals surface area (Å²) in [5.74, 6) is 2.05. The van der Waals surface area contributed by atoms with Crippen molar-refractivity contribution in [3.05, 3.63) is 18.2 Å². The summed E-state index contributed by atoms with van der Waals surface area (Å²) in [6.07, 6.45) is 0.545. The van der Waals surface area contributed by atoms with Crippen LogP contribution in [0.25, 0.3) is 0 Å².